The molecule has 64 valence electrons. The molecule has 1 N–H and O–H groups in total. The highest BCUT2D eigenvalue weighted by molar-refractivity contribution is 5.25. The van der Waals surface area contributed by atoms with E-state index in [1.54, 1.807) is 12.4 Å². The Morgan fingerprint density at radius 1 is 1.42 bits per heavy atom. The number of anilines is 1. The monoisotopic (exact) mass is 164 g/mol. The van der Waals surface area contributed by atoms with Gasteiger partial charge in [0.1, 0.15) is 0 Å². The van der Waals surface area contributed by atoms with Gasteiger partial charge in [-0.1, -0.05) is 0 Å². The third-order valence-electron chi connectivity index (χ3n) is 1.96. The second-order valence-electron chi connectivity index (χ2n) is 3.13. The minimum Gasteiger partial charge on any atom is -0.349 e. The van der Waals surface area contributed by atoms with Gasteiger partial charge in [-0.3, -0.25) is 0 Å². The number of aromatic nitrogens is 2. The molecule has 0 unspecified atom stereocenters. The van der Waals surface area contributed by atoms with Crippen molar-refractivity contribution in [3.8, 4) is 0 Å². The Kier molecular flexibility index (Phi) is 1.91. The summed E-state index contributed by atoms with van der Waals surface area (Å²) < 4.78 is 0. The predicted molar refractivity (Wildman–Crippen MR) is 46.9 cm³/mol. The second kappa shape index (κ2) is 3.06. The van der Waals surface area contributed by atoms with Crippen LogP contribution in [0.15, 0.2) is 18.5 Å². The van der Waals surface area contributed by atoms with Crippen molar-refractivity contribution in [2.75, 3.05) is 25.5 Å². The summed E-state index contributed by atoms with van der Waals surface area (Å²) in [7, 11) is 2.10. The standard InChI is InChI=1S/C8H12N4/c1-12-5-7(6-12)11-8-9-3-2-4-10-8/h2-4,7H,5-6H2,1H3,(H,9,10,11). The smallest absolute Gasteiger partial charge is 0.222 e. The molecule has 0 amide bonds. The first kappa shape index (κ1) is 7.49. The lowest BCUT2D eigenvalue weighted by Crippen LogP contribution is -2.52. The molecule has 1 aliphatic rings. The zero-order valence-corrected chi connectivity index (χ0v) is 7.07. The van der Waals surface area contributed by atoms with Gasteiger partial charge in [0.05, 0.1) is 6.04 Å². The highest BCUT2D eigenvalue weighted by Crippen LogP contribution is 2.08. The van der Waals surface area contributed by atoms with Crippen molar-refractivity contribution in [2.24, 2.45) is 0 Å². The van der Waals surface area contributed by atoms with Gasteiger partial charge in [0.15, 0.2) is 0 Å². The normalized spacial score (nSPS) is 18.8. The molecule has 0 aliphatic carbocycles. The molecule has 1 fully saturated rings. The number of likely N-dealkylation sites (N-methyl/N-ethyl adjacent to an activating group) is 1. The Labute approximate surface area is 71.6 Å². The lowest BCUT2D eigenvalue weighted by molar-refractivity contribution is 0.204. The average molecular weight is 164 g/mol. The van der Waals surface area contributed by atoms with Crippen molar-refractivity contribution >= 4 is 5.95 Å². The molecule has 0 spiro atoms. The molecule has 0 aromatic carbocycles. The van der Waals surface area contributed by atoms with Gasteiger partial charge >= 0.3 is 0 Å². The van der Waals surface area contributed by atoms with E-state index in [4.69, 9.17) is 0 Å². The summed E-state index contributed by atoms with van der Waals surface area (Å²) in [5, 5.41) is 3.24. The maximum atomic E-state index is 4.08. The fraction of sp³-hybridized carbons (Fsp3) is 0.500. The summed E-state index contributed by atoms with van der Waals surface area (Å²) in [6, 6.07) is 2.34. The third-order valence-corrected chi connectivity index (χ3v) is 1.96. The zero-order chi connectivity index (χ0) is 8.39. The van der Waals surface area contributed by atoms with Gasteiger partial charge in [0.2, 0.25) is 5.95 Å². The van der Waals surface area contributed by atoms with E-state index >= 15 is 0 Å². The predicted octanol–water partition coefficient (Wildman–Crippen LogP) is 0.202. The second-order valence-corrected chi connectivity index (χ2v) is 3.13. The first-order valence-corrected chi connectivity index (χ1v) is 4.07. The van der Waals surface area contributed by atoms with Crippen molar-refractivity contribution < 1.29 is 0 Å². The SMILES string of the molecule is CN1CC(Nc2ncccn2)C1. The Bertz CT molecular complexity index is 242. The number of hydrogen-bond acceptors (Lipinski definition) is 4. The van der Waals surface area contributed by atoms with E-state index in [0.29, 0.717) is 6.04 Å². The molecule has 4 heteroatoms. The highest BCUT2D eigenvalue weighted by Gasteiger charge is 2.22. The molecular formula is C8H12N4. The van der Waals surface area contributed by atoms with E-state index in [-0.39, 0.29) is 0 Å². The lowest BCUT2D eigenvalue weighted by atomic mass is 10.1. The van der Waals surface area contributed by atoms with E-state index in [9.17, 15) is 0 Å². The van der Waals surface area contributed by atoms with E-state index in [1.165, 1.54) is 0 Å². The van der Waals surface area contributed by atoms with E-state index in [2.05, 4.69) is 27.2 Å². The van der Waals surface area contributed by atoms with Crippen LogP contribution in [-0.4, -0.2) is 41.0 Å². The van der Waals surface area contributed by atoms with Crippen LogP contribution in [0, 0.1) is 0 Å². The summed E-state index contributed by atoms with van der Waals surface area (Å²) in [5.74, 6) is 0.732. The fourth-order valence-corrected chi connectivity index (χ4v) is 1.35. The van der Waals surface area contributed by atoms with E-state index in [1.807, 2.05) is 6.07 Å². The van der Waals surface area contributed by atoms with Crippen LogP contribution >= 0.6 is 0 Å². The van der Waals surface area contributed by atoms with Gasteiger partial charge in [-0.05, 0) is 13.1 Å². The van der Waals surface area contributed by atoms with E-state index in [0.717, 1.165) is 19.0 Å². The molecule has 0 atom stereocenters. The van der Waals surface area contributed by atoms with Crippen molar-refractivity contribution in [3.63, 3.8) is 0 Å². The van der Waals surface area contributed by atoms with Gasteiger partial charge in [-0.25, -0.2) is 9.97 Å². The average Bonchev–Trinajstić information content (AvgIpc) is 2.04. The molecule has 1 aromatic heterocycles. The Morgan fingerprint density at radius 2 is 2.08 bits per heavy atom. The summed E-state index contributed by atoms with van der Waals surface area (Å²) in [4.78, 5) is 10.4. The zero-order valence-electron chi connectivity index (χ0n) is 7.07. The number of rotatable bonds is 2. The van der Waals surface area contributed by atoms with Crippen LogP contribution < -0.4 is 5.32 Å². The van der Waals surface area contributed by atoms with Crippen LogP contribution in [0.3, 0.4) is 0 Å². The number of nitrogens with zero attached hydrogens (tertiary/aromatic N) is 3. The highest BCUT2D eigenvalue weighted by atomic mass is 15.3. The summed E-state index contributed by atoms with van der Waals surface area (Å²) in [6.45, 7) is 2.16. The van der Waals surface area contributed by atoms with Crippen molar-refractivity contribution in [1.82, 2.24) is 14.9 Å². The summed E-state index contributed by atoms with van der Waals surface area (Å²) in [5.41, 5.74) is 0. The van der Waals surface area contributed by atoms with Gasteiger partial charge in [0.25, 0.3) is 0 Å². The minimum absolute atomic E-state index is 0.525. The quantitative estimate of drug-likeness (QED) is 0.678. The molecule has 0 saturated carbocycles. The number of nitrogens with one attached hydrogen (secondary N) is 1. The Morgan fingerprint density at radius 3 is 2.67 bits per heavy atom. The van der Waals surface area contributed by atoms with Crippen LogP contribution in [0.5, 0.6) is 0 Å². The van der Waals surface area contributed by atoms with Gasteiger partial charge in [-0.2, -0.15) is 0 Å². The number of hydrogen-bond donors (Lipinski definition) is 1. The topological polar surface area (TPSA) is 41.0 Å². The number of likely N-dealkylation sites (tertiary alicyclic amines) is 1. The molecule has 0 radical (unpaired) electrons. The first-order chi connectivity index (χ1) is 5.84. The molecule has 2 rings (SSSR count). The van der Waals surface area contributed by atoms with Crippen molar-refractivity contribution in [2.45, 2.75) is 6.04 Å². The minimum atomic E-state index is 0.525. The Hall–Kier alpha value is -1.16. The molecule has 2 heterocycles. The van der Waals surface area contributed by atoms with E-state index < -0.39 is 0 Å². The van der Waals surface area contributed by atoms with Gasteiger partial charge in [-0.15, -0.1) is 0 Å². The van der Waals surface area contributed by atoms with Crippen LogP contribution in [-0.2, 0) is 0 Å². The summed E-state index contributed by atoms with van der Waals surface area (Å²) in [6.07, 6.45) is 3.50. The molecule has 1 saturated heterocycles. The lowest BCUT2D eigenvalue weighted by Gasteiger charge is -2.36. The molecule has 4 nitrogen and oxygen atoms in total. The van der Waals surface area contributed by atoms with Crippen LogP contribution in [0.4, 0.5) is 5.95 Å². The molecule has 0 bridgehead atoms. The summed E-state index contributed by atoms with van der Waals surface area (Å²) >= 11 is 0. The van der Waals surface area contributed by atoms with Crippen LogP contribution in [0.25, 0.3) is 0 Å². The largest absolute Gasteiger partial charge is 0.349 e. The third kappa shape index (κ3) is 1.53. The maximum Gasteiger partial charge on any atom is 0.222 e. The van der Waals surface area contributed by atoms with Crippen molar-refractivity contribution in [3.05, 3.63) is 18.5 Å². The van der Waals surface area contributed by atoms with Gasteiger partial charge in [0, 0.05) is 25.5 Å². The Balaban J connectivity index is 1.88. The van der Waals surface area contributed by atoms with Crippen LogP contribution in [0.1, 0.15) is 0 Å². The van der Waals surface area contributed by atoms with Crippen LogP contribution in [0.2, 0.25) is 0 Å². The molecule has 1 aliphatic heterocycles. The first-order valence-electron chi connectivity index (χ1n) is 4.07. The molecular weight excluding hydrogens is 152 g/mol. The van der Waals surface area contributed by atoms with Gasteiger partial charge < -0.3 is 10.2 Å². The molecule has 1 aromatic rings. The maximum absolute atomic E-state index is 4.08. The van der Waals surface area contributed by atoms with Crippen molar-refractivity contribution in [1.29, 1.82) is 0 Å². The molecule has 12 heavy (non-hydrogen) atoms. The fourth-order valence-electron chi connectivity index (χ4n) is 1.35.